The second-order valence-corrected chi connectivity index (χ2v) is 3.86. The van der Waals surface area contributed by atoms with Gasteiger partial charge in [-0.15, -0.1) is 0 Å². The van der Waals surface area contributed by atoms with Crippen LogP contribution in [-0.2, 0) is 4.74 Å². The lowest BCUT2D eigenvalue weighted by atomic mass is 9.99. The van der Waals surface area contributed by atoms with Crippen LogP contribution in [-0.4, -0.2) is 35.7 Å². The van der Waals surface area contributed by atoms with Crippen molar-refractivity contribution in [3.05, 3.63) is 0 Å². The molecule has 0 aromatic heterocycles. The Morgan fingerprint density at radius 1 is 1.71 bits per heavy atom. The summed E-state index contributed by atoms with van der Waals surface area (Å²) in [5.74, 6) is 0.156. The first-order valence-corrected chi connectivity index (χ1v) is 5.27. The van der Waals surface area contributed by atoms with Crippen LogP contribution >= 0.6 is 12.2 Å². The zero-order valence-electron chi connectivity index (χ0n) is 8.36. The van der Waals surface area contributed by atoms with Gasteiger partial charge in [0.2, 0.25) is 0 Å². The molecule has 0 saturated carbocycles. The number of carbonyl (C=O) groups excluding carboxylic acids is 1. The van der Waals surface area contributed by atoms with Gasteiger partial charge in [-0.2, -0.15) is 0 Å². The van der Waals surface area contributed by atoms with E-state index in [4.69, 9.17) is 22.7 Å². The molecule has 0 aliphatic carbocycles. The predicted octanol–water partition coefficient (Wildman–Crippen LogP) is 1.14. The minimum Gasteiger partial charge on any atom is -0.450 e. The topological polar surface area (TPSA) is 55.6 Å². The van der Waals surface area contributed by atoms with Crippen molar-refractivity contribution < 1.29 is 9.53 Å². The van der Waals surface area contributed by atoms with Gasteiger partial charge in [-0.1, -0.05) is 12.2 Å². The van der Waals surface area contributed by atoms with Gasteiger partial charge in [-0.25, -0.2) is 4.79 Å². The average Bonchev–Trinajstić information content (AvgIpc) is 2.18. The van der Waals surface area contributed by atoms with E-state index < -0.39 is 0 Å². The van der Waals surface area contributed by atoms with Gasteiger partial charge in [0.15, 0.2) is 0 Å². The average molecular weight is 216 g/mol. The Hall–Kier alpha value is -0.840. The maximum atomic E-state index is 11.4. The molecule has 0 spiro atoms. The lowest BCUT2D eigenvalue weighted by Crippen LogP contribution is -2.43. The zero-order chi connectivity index (χ0) is 10.6. The molecule has 0 aromatic carbocycles. The molecule has 0 bridgehead atoms. The third kappa shape index (κ3) is 2.83. The molecular weight excluding hydrogens is 200 g/mol. The van der Waals surface area contributed by atoms with E-state index in [0.717, 1.165) is 19.4 Å². The van der Waals surface area contributed by atoms with Crippen LogP contribution in [0.15, 0.2) is 0 Å². The fourth-order valence-electron chi connectivity index (χ4n) is 1.59. The fraction of sp³-hybridized carbons (Fsp3) is 0.778. The van der Waals surface area contributed by atoms with Crippen molar-refractivity contribution in [2.24, 2.45) is 11.7 Å². The molecule has 1 amide bonds. The summed E-state index contributed by atoms with van der Waals surface area (Å²) in [6.45, 7) is 3.56. The summed E-state index contributed by atoms with van der Waals surface area (Å²) in [4.78, 5) is 13.6. The SMILES string of the molecule is CCOC(=O)N1CCC[C@H](C(N)=S)C1. The third-order valence-electron chi connectivity index (χ3n) is 2.35. The largest absolute Gasteiger partial charge is 0.450 e. The molecule has 1 atom stereocenters. The Balaban J connectivity index is 2.47. The monoisotopic (exact) mass is 216 g/mol. The molecule has 1 aliphatic rings. The number of rotatable bonds is 2. The van der Waals surface area contributed by atoms with E-state index >= 15 is 0 Å². The highest BCUT2D eigenvalue weighted by atomic mass is 32.1. The molecule has 2 N–H and O–H groups in total. The van der Waals surface area contributed by atoms with Crippen LogP contribution in [0.5, 0.6) is 0 Å². The number of piperidine rings is 1. The molecular formula is C9H16N2O2S. The highest BCUT2D eigenvalue weighted by Gasteiger charge is 2.25. The molecule has 1 rings (SSSR count). The van der Waals surface area contributed by atoms with Crippen molar-refractivity contribution >= 4 is 23.3 Å². The highest BCUT2D eigenvalue weighted by Crippen LogP contribution is 2.17. The molecule has 1 heterocycles. The highest BCUT2D eigenvalue weighted by molar-refractivity contribution is 7.80. The number of ether oxygens (including phenoxy) is 1. The Morgan fingerprint density at radius 2 is 2.43 bits per heavy atom. The molecule has 0 unspecified atom stereocenters. The van der Waals surface area contributed by atoms with Gasteiger partial charge in [-0.05, 0) is 19.8 Å². The second kappa shape index (κ2) is 5.14. The van der Waals surface area contributed by atoms with E-state index in [-0.39, 0.29) is 12.0 Å². The van der Waals surface area contributed by atoms with Gasteiger partial charge in [0.05, 0.1) is 11.6 Å². The Bertz CT molecular complexity index is 233. The standard InChI is InChI=1S/C9H16N2O2S/c1-2-13-9(12)11-5-3-4-7(6-11)8(10)14/h7H,2-6H2,1H3,(H2,10,14)/t7-/m0/s1. The van der Waals surface area contributed by atoms with E-state index in [0.29, 0.717) is 18.1 Å². The van der Waals surface area contributed by atoms with Crippen LogP contribution < -0.4 is 5.73 Å². The summed E-state index contributed by atoms with van der Waals surface area (Å²) in [6, 6.07) is 0. The third-order valence-corrected chi connectivity index (χ3v) is 2.68. The first-order chi connectivity index (χ1) is 6.65. The van der Waals surface area contributed by atoms with Gasteiger partial charge < -0.3 is 15.4 Å². The summed E-state index contributed by atoms with van der Waals surface area (Å²) >= 11 is 4.92. The molecule has 1 fully saturated rings. The number of carbonyl (C=O) groups is 1. The number of hydrogen-bond acceptors (Lipinski definition) is 3. The first-order valence-electron chi connectivity index (χ1n) is 4.86. The van der Waals surface area contributed by atoms with E-state index in [9.17, 15) is 4.79 Å². The summed E-state index contributed by atoms with van der Waals surface area (Å²) < 4.78 is 4.91. The minimum absolute atomic E-state index is 0.156. The van der Waals surface area contributed by atoms with Crippen LogP contribution in [0, 0.1) is 5.92 Å². The quantitative estimate of drug-likeness (QED) is 0.703. The predicted molar refractivity (Wildman–Crippen MR) is 58.1 cm³/mol. The summed E-state index contributed by atoms with van der Waals surface area (Å²) in [6.07, 6.45) is 1.67. The van der Waals surface area contributed by atoms with Crippen molar-refractivity contribution in [3.63, 3.8) is 0 Å². The molecule has 5 heteroatoms. The summed E-state index contributed by atoms with van der Waals surface area (Å²) in [5, 5.41) is 0. The zero-order valence-corrected chi connectivity index (χ0v) is 9.18. The van der Waals surface area contributed by atoms with Crippen molar-refractivity contribution in [2.45, 2.75) is 19.8 Å². The second-order valence-electron chi connectivity index (χ2n) is 3.39. The Kier molecular flexibility index (Phi) is 4.13. The maximum Gasteiger partial charge on any atom is 0.409 e. The molecule has 4 nitrogen and oxygen atoms in total. The number of thiocarbonyl (C=S) groups is 1. The molecule has 0 radical (unpaired) electrons. The number of amides is 1. The van der Waals surface area contributed by atoms with E-state index in [1.54, 1.807) is 11.8 Å². The maximum absolute atomic E-state index is 11.4. The van der Waals surface area contributed by atoms with Crippen LogP contribution in [0.25, 0.3) is 0 Å². The number of nitrogens with two attached hydrogens (primary N) is 1. The Morgan fingerprint density at radius 3 is 3.00 bits per heavy atom. The lowest BCUT2D eigenvalue weighted by molar-refractivity contribution is 0.0950. The smallest absolute Gasteiger partial charge is 0.409 e. The molecule has 1 saturated heterocycles. The number of nitrogens with zero attached hydrogens (tertiary/aromatic N) is 1. The fourth-order valence-corrected chi connectivity index (χ4v) is 1.78. The first kappa shape index (κ1) is 11.2. The van der Waals surface area contributed by atoms with E-state index in [1.165, 1.54) is 0 Å². The molecule has 0 aromatic rings. The van der Waals surface area contributed by atoms with Crippen molar-refractivity contribution in [1.82, 2.24) is 4.90 Å². The van der Waals surface area contributed by atoms with Crippen molar-refractivity contribution in [3.8, 4) is 0 Å². The number of hydrogen-bond donors (Lipinski definition) is 1. The number of likely N-dealkylation sites (tertiary alicyclic amines) is 1. The van der Waals surface area contributed by atoms with Gasteiger partial charge >= 0.3 is 6.09 Å². The van der Waals surface area contributed by atoms with E-state index in [2.05, 4.69) is 0 Å². The van der Waals surface area contributed by atoms with Crippen molar-refractivity contribution in [1.29, 1.82) is 0 Å². The van der Waals surface area contributed by atoms with Crippen LogP contribution in [0.1, 0.15) is 19.8 Å². The van der Waals surface area contributed by atoms with Gasteiger partial charge in [-0.3, -0.25) is 0 Å². The van der Waals surface area contributed by atoms with Gasteiger partial charge in [0.25, 0.3) is 0 Å². The van der Waals surface area contributed by atoms with Crippen LogP contribution in [0.4, 0.5) is 4.79 Å². The van der Waals surface area contributed by atoms with Crippen molar-refractivity contribution in [2.75, 3.05) is 19.7 Å². The van der Waals surface area contributed by atoms with E-state index in [1.807, 2.05) is 0 Å². The normalized spacial score (nSPS) is 21.8. The van der Waals surface area contributed by atoms with Gasteiger partial charge in [0, 0.05) is 19.0 Å². The molecule has 80 valence electrons. The van der Waals surface area contributed by atoms with Crippen LogP contribution in [0.3, 0.4) is 0 Å². The minimum atomic E-state index is -0.256. The van der Waals surface area contributed by atoms with Gasteiger partial charge in [0.1, 0.15) is 0 Å². The lowest BCUT2D eigenvalue weighted by Gasteiger charge is -2.31. The molecule has 14 heavy (non-hydrogen) atoms. The Labute approximate surface area is 89.4 Å². The summed E-state index contributed by atoms with van der Waals surface area (Å²) in [5.41, 5.74) is 5.56. The summed E-state index contributed by atoms with van der Waals surface area (Å²) in [7, 11) is 0. The van der Waals surface area contributed by atoms with Crippen LogP contribution in [0.2, 0.25) is 0 Å². The molecule has 1 aliphatic heterocycles.